The molecule has 2 bridgehead atoms. The minimum absolute atomic E-state index is 0. The van der Waals surface area contributed by atoms with Crippen molar-refractivity contribution >= 4 is 28.2 Å². The van der Waals surface area contributed by atoms with Crippen LogP contribution in [0.15, 0.2) is 23.1 Å². The second kappa shape index (κ2) is 8.88. The summed E-state index contributed by atoms with van der Waals surface area (Å²) in [6.07, 6.45) is 3.97. The van der Waals surface area contributed by atoms with Gasteiger partial charge in [0.25, 0.3) is 0 Å². The molecule has 4 rings (SSSR count). The molecule has 28 heavy (non-hydrogen) atoms. The highest BCUT2D eigenvalue weighted by Crippen LogP contribution is 2.32. The average Bonchev–Trinajstić information content (AvgIpc) is 2.84. The number of hydrogen-bond donors (Lipinski definition) is 1. The number of amides is 1. The largest absolute Gasteiger partial charge is 0.490 e. The molecule has 2 saturated heterocycles. The van der Waals surface area contributed by atoms with Gasteiger partial charge in [0.1, 0.15) is 0 Å². The van der Waals surface area contributed by atoms with Crippen LogP contribution in [0.3, 0.4) is 0 Å². The van der Waals surface area contributed by atoms with Gasteiger partial charge in [-0.1, -0.05) is 0 Å². The van der Waals surface area contributed by atoms with Crippen LogP contribution in [0.4, 0.5) is 0 Å². The molecule has 9 heteroatoms. The van der Waals surface area contributed by atoms with Crippen molar-refractivity contribution in [1.29, 1.82) is 0 Å². The summed E-state index contributed by atoms with van der Waals surface area (Å²) in [4.78, 5) is 14.6. The first-order valence-corrected chi connectivity index (χ1v) is 11.3. The zero-order chi connectivity index (χ0) is 18.9. The van der Waals surface area contributed by atoms with Crippen molar-refractivity contribution in [1.82, 2.24) is 10.2 Å². The molecular weight excluding hydrogens is 404 g/mol. The second-order valence-electron chi connectivity index (χ2n) is 7.49. The number of nitrogens with one attached hydrogen (secondary N) is 1. The number of sulfone groups is 1. The molecule has 3 aliphatic rings. The first-order valence-electron chi connectivity index (χ1n) is 9.67. The Morgan fingerprint density at radius 1 is 1.11 bits per heavy atom. The Morgan fingerprint density at radius 2 is 1.86 bits per heavy atom. The van der Waals surface area contributed by atoms with Crippen LogP contribution >= 0.6 is 12.4 Å². The van der Waals surface area contributed by atoms with Gasteiger partial charge in [0.15, 0.2) is 21.3 Å². The van der Waals surface area contributed by atoms with Gasteiger partial charge < -0.3 is 19.7 Å². The molecule has 3 aliphatic heterocycles. The smallest absolute Gasteiger partial charge is 0.223 e. The predicted molar refractivity (Wildman–Crippen MR) is 107 cm³/mol. The first kappa shape index (κ1) is 21.2. The van der Waals surface area contributed by atoms with Gasteiger partial charge in [-0.25, -0.2) is 8.42 Å². The highest BCUT2D eigenvalue weighted by Gasteiger charge is 2.31. The van der Waals surface area contributed by atoms with Crippen LogP contribution in [0.2, 0.25) is 0 Å². The molecule has 0 aromatic heterocycles. The molecule has 3 heterocycles. The highest BCUT2D eigenvalue weighted by atomic mass is 35.5. The number of carbonyl (C=O) groups is 1. The Bertz CT molecular complexity index is 817. The maximum absolute atomic E-state index is 12.7. The molecule has 1 amide bonds. The zero-order valence-corrected chi connectivity index (χ0v) is 17.4. The molecule has 2 fully saturated rings. The van der Waals surface area contributed by atoms with Gasteiger partial charge in [0.05, 0.1) is 23.9 Å². The summed E-state index contributed by atoms with van der Waals surface area (Å²) in [6, 6.07) is 5.52. The Hall–Kier alpha value is -1.51. The fourth-order valence-corrected chi connectivity index (χ4v) is 5.25. The third-order valence-electron chi connectivity index (χ3n) is 5.54. The Labute approximate surface area is 172 Å². The van der Waals surface area contributed by atoms with Crippen molar-refractivity contribution in [3.05, 3.63) is 18.2 Å². The van der Waals surface area contributed by atoms with Crippen molar-refractivity contribution in [3.8, 4) is 11.5 Å². The first-order chi connectivity index (χ1) is 13.0. The highest BCUT2D eigenvalue weighted by molar-refractivity contribution is 7.91. The molecule has 1 aromatic carbocycles. The monoisotopic (exact) mass is 430 g/mol. The third-order valence-corrected chi connectivity index (χ3v) is 7.25. The van der Waals surface area contributed by atoms with E-state index >= 15 is 0 Å². The summed E-state index contributed by atoms with van der Waals surface area (Å²) in [6.45, 7) is 2.44. The van der Waals surface area contributed by atoms with Gasteiger partial charge in [-0.2, -0.15) is 0 Å². The summed E-state index contributed by atoms with van der Waals surface area (Å²) in [7, 11) is -3.56. The number of rotatable bonds is 4. The minimum Gasteiger partial charge on any atom is -0.490 e. The van der Waals surface area contributed by atoms with E-state index in [-0.39, 0.29) is 35.4 Å². The van der Waals surface area contributed by atoms with Crippen LogP contribution in [0.25, 0.3) is 0 Å². The average molecular weight is 431 g/mol. The summed E-state index contributed by atoms with van der Waals surface area (Å²) in [5, 5.41) is 3.53. The van der Waals surface area contributed by atoms with Crippen LogP contribution in [0.5, 0.6) is 11.5 Å². The number of likely N-dealkylation sites (tertiary alicyclic amines) is 1. The lowest BCUT2D eigenvalue weighted by Gasteiger charge is -2.24. The molecular formula is C19H27ClN2O5S. The van der Waals surface area contributed by atoms with Crippen molar-refractivity contribution in [3.63, 3.8) is 0 Å². The number of hydrogen-bond acceptors (Lipinski definition) is 6. The molecule has 0 aliphatic carbocycles. The van der Waals surface area contributed by atoms with Crippen molar-refractivity contribution < 1.29 is 22.7 Å². The maximum Gasteiger partial charge on any atom is 0.223 e. The van der Waals surface area contributed by atoms with Crippen LogP contribution in [0.1, 0.15) is 32.1 Å². The number of halogens is 1. The van der Waals surface area contributed by atoms with Gasteiger partial charge in [-0.3, -0.25) is 4.79 Å². The van der Waals surface area contributed by atoms with E-state index in [1.807, 2.05) is 4.90 Å². The molecule has 2 atom stereocenters. The summed E-state index contributed by atoms with van der Waals surface area (Å²) >= 11 is 0. The lowest BCUT2D eigenvalue weighted by Crippen LogP contribution is -2.39. The van der Waals surface area contributed by atoms with E-state index in [9.17, 15) is 13.2 Å². The van der Waals surface area contributed by atoms with Crippen LogP contribution < -0.4 is 14.8 Å². The third kappa shape index (κ3) is 4.72. The van der Waals surface area contributed by atoms with Gasteiger partial charge in [-0.05, 0) is 31.4 Å². The molecule has 0 radical (unpaired) electrons. The van der Waals surface area contributed by atoms with Crippen molar-refractivity contribution in [2.45, 2.75) is 49.1 Å². The van der Waals surface area contributed by atoms with E-state index in [4.69, 9.17) is 9.47 Å². The molecule has 1 N–H and O–H groups in total. The topological polar surface area (TPSA) is 84.9 Å². The van der Waals surface area contributed by atoms with E-state index in [2.05, 4.69) is 5.32 Å². The number of carbonyl (C=O) groups excluding carboxylic acids is 1. The van der Waals surface area contributed by atoms with Gasteiger partial charge in [-0.15, -0.1) is 12.4 Å². The number of fused-ring (bicyclic) bond motifs is 3. The molecule has 156 valence electrons. The molecule has 2 unspecified atom stereocenters. The van der Waals surface area contributed by atoms with Gasteiger partial charge in [0, 0.05) is 44.1 Å². The van der Waals surface area contributed by atoms with Crippen LogP contribution in [-0.2, 0) is 14.6 Å². The Kier molecular flexibility index (Phi) is 6.73. The lowest BCUT2D eigenvalue weighted by atomic mass is 10.1. The van der Waals surface area contributed by atoms with E-state index in [0.717, 1.165) is 19.3 Å². The Balaban J connectivity index is 0.00000225. The van der Waals surface area contributed by atoms with Crippen molar-refractivity contribution in [2.24, 2.45) is 0 Å². The molecule has 7 nitrogen and oxygen atoms in total. The number of benzene rings is 1. The second-order valence-corrected chi connectivity index (χ2v) is 9.60. The summed E-state index contributed by atoms with van der Waals surface area (Å²) in [5.74, 6) is 0.746. The zero-order valence-electron chi connectivity index (χ0n) is 15.8. The number of ether oxygens (including phenoxy) is 2. The molecule has 0 spiro atoms. The van der Waals surface area contributed by atoms with E-state index in [0.29, 0.717) is 49.9 Å². The van der Waals surface area contributed by atoms with E-state index in [1.54, 1.807) is 6.07 Å². The summed E-state index contributed by atoms with van der Waals surface area (Å²) in [5.41, 5.74) is 0. The normalized spacial score (nSPS) is 24.1. The fraction of sp³-hybridized carbons (Fsp3) is 0.632. The Morgan fingerprint density at radius 3 is 2.68 bits per heavy atom. The van der Waals surface area contributed by atoms with Crippen LogP contribution in [0, 0.1) is 0 Å². The van der Waals surface area contributed by atoms with E-state index in [1.165, 1.54) is 18.6 Å². The maximum atomic E-state index is 12.7. The molecule has 0 saturated carbocycles. The van der Waals surface area contributed by atoms with Crippen molar-refractivity contribution in [2.75, 3.05) is 32.1 Å². The minimum atomic E-state index is -3.56. The predicted octanol–water partition coefficient (Wildman–Crippen LogP) is 1.79. The number of nitrogens with zero attached hydrogens (tertiary/aromatic N) is 1. The SMILES string of the molecule is Cl.O=C(CCS(=O)(=O)c1ccc2c(c1)OCCCO2)N1CCC2CCC(C1)N2. The van der Waals surface area contributed by atoms with Gasteiger partial charge >= 0.3 is 0 Å². The summed E-state index contributed by atoms with van der Waals surface area (Å²) < 4.78 is 36.5. The van der Waals surface area contributed by atoms with Gasteiger partial charge in [0.2, 0.25) is 5.91 Å². The molecule has 1 aromatic rings. The van der Waals surface area contributed by atoms with E-state index < -0.39 is 9.84 Å². The quantitative estimate of drug-likeness (QED) is 0.783. The van der Waals surface area contributed by atoms with Crippen LogP contribution in [-0.4, -0.2) is 63.4 Å². The standard InChI is InChI=1S/C19H26N2O5S.ClH/c22-19(21-8-6-14-2-3-15(13-21)20-14)7-11-27(23,24)16-4-5-17-18(12-16)26-10-1-9-25-17;/h4-5,12,14-15,20H,1-3,6-11,13H2;1H. The lowest BCUT2D eigenvalue weighted by molar-refractivity contribution is -0.131. The fourth-order valence-electron chi connectivity index (χ4n) is 4.00.